The summed E-state index contributed by atoms with van der Waals surface area (Å²) in [5, 5.41) is 9.18. The van der Waals surface area contributed by atoms with Crippen molar-refractivity contribution in [2.24, 2.45) is 11.7 Å². The second kappa shape index (κ2) is 20.2. The smallest absolute Gasteiger partial charge is 0.274 e. The van der Waals surface area contributed by atoms with E-state index in [2.05, 4.69) is 39.2 Å². The highest BCUT2D eigenvalue weighted by atomic mass is 19.1. The average Bonchev–Trinajstić information content (AvgIpc) is 3.30. The molecule has 0 saturated carbocycles. The summed E-state index contributed by atoms with van der Waals surface area (Å²) in [5.74, 6) is -1.68. The molecule has 0 atom stereocenters. The van der Waals surface area contributed by atoms with Crippen LogP contribution in [0.5, 0.6) is 0 Å². The molecule has 0 radical (unpaired) electrons. The van der Waals surface area contributed by atoms with Gasteiger partial charge in [0.25, 0.3) is 11.8 Å². The number of carbonyl (C=O) groups is 5. The number of likely N-dealkylation sites (tertiary alicyclic amines) is 1. The van der Waals surface area contributed by atoms with Gasteiger partial charge in [-0.15, -0.1) is 0 Å². The number of aryl methyl sites for hydroxylation is 1. The fraction of sp³-hybridized carbons (Fsp3) is 0.396. The van der Waals surface area contributed by atoms with E-state index in [4.69, 9.17) is 11.1 Å². The number of aromatic nitrogens is 1. The van der Waals surface area contributed by atoms with Crippen LogP contribution in [0.15, 0.2) is 79.0 Å². The lowest BCUT2D eigenvalue weighted by molar-refractivity contribution is -0.134. The number of nitrogens with one attached hydrogen (secondary N) is 1. The van der Waals surface area contributed by atoms with E-state index in [-0.39, 0.29) is 41.0 Å². The Morgan fingerprint density at radius 1 is 0.730 bits per heavy atom. The van der Waals surface area contributed by atoms with Crippen LogP contribution in [-0.2, 0) is 22.4 Å². The van der Waals surface area contributed by atoms with Crippen LogP contribution in [-0.4, -0.2) is 143 Å². The number of hydrogen-bond donors (Lipinski definition) is 3. The summed E-state index contributed by atoms with van der Waals surface area (Å²) in [6.45, 7) is 10.5. The molecule has 15 heteroatoms. The first kappa shape index (κ1) is 44.7. The lowest BCUT2D eigenvalue weighted by atomic mass is 9.95. The molecular formula is C48H57FN9O5+. The van der Waals surface area contributed by atoms with Gasteiger partial charge in [0.05, 0.1) is 35.3 Å². The number of carbonyl (C=O) groups excluding carboxylic acids is 5. The third-order valence-corrected chi connectivity index (χ3v) is 12.4. The van der Waals surface area contributed by atoms with Gasteiger partial charge in [0.2, 0.25) is 17.7 Å². The standard InChI is InChI=1S/C48H56FN9O5/c1-3-33-7-6-8-36(25-33)37-28-43(53-32(2)59)45(52-29-37)48(63)57-15-13-34(14-16-57)30-54-17-19-55(20-18-54)31-44(60)56-21-23-58(24-22-56)47(62)40-26-35(11-12-41(40)49)27-42(50)38-9-4-5-10-39(38)46(51)61/h4-12,25-26,28-29,34,50H,3,13-24,27,30-31H2,1-2H3,(H2,51,61)(H,53,59)/p+1. The number of anilines is 1. The molecule has 0 spiro atoms. The van der Waals surface area contributed by atoms with Crippen LogP contribution in [0.3, 0.4) is 0 Å². The maximum Gasteiger partial charge on any atom is 0.274 e. The summed E-state index contributed by atoms with van der Waals surface area (Å²) in [6, 6.07) is 21.0. The predicted octanol–water partition coefficient (Wildman–Crippen LogP) is 2.75. The molecule has 0 aliphatic carbocycles. The number of benzene rings is 3. The molecule has 0 bridgehead atoms. The van der Waals surface area contributed by atoms with Crippen LogP contribution in [0.2, 0.25) is 0 Å². The minimum absolute atomic E-state index is 0.0134. The number of piperazine rings is 2. The van der Waals surface area contributed by atoms with Crippen molar-refractivity contribution in [1.82, 2.24) is 29.5 Å². The fourth-order valence-electron chi connectivity index (χ4n) is 8.77. The highest BCUT2D eigenvalue weighted by Gasteiger charge is 2.31. The van der Waals surface area contributed by atoms with E-state index in [9.17, 15) is 28.4 Å². The Bertz CT molecular complexity index is 2370. The summed E-state index contributed by atoms with van der Waals surface area (Å²) in [4.78, 5) is 79.0. The van der Waals surface area contributed by atoms with Crippen LogP contribution in [0.4, 0.5) is 10.1 Å². The normalized spacial score (nSPS) is 16.5. The molecular weight excluding hydrogens is 802 g/mol. The first-order valence-corrected chi connectivity index (χ1v) is 21.8. The summed E-state index contributed by atoms with van der Waals surface area (Å²) < 4.78 is 15.0. The first-order valence-electron chi connectivity index (χ1n) is 21.8. The van der Waals surface area contributed by atoms with E-state index in [1.54, 1.807) is 46.3 Å². The molecule has 3 aliphatic rings. The van der Waals surface area contributed by atoms with Gasteiger partial charge in [-0.2, -0.15) is 0 Å². The SMILES string of the molecule is CCc1cccc(-c2cnc(C(=O)N3CCC(CN4CCN(CC(=O)N5CCN(C(=O)c6cc(CC(=[NH2+])c7ccccc7C(N)=O)ccc6F)CC5)CC4)CC3)c(NC(C)=O)c2)c1. The van der Waals surface area contributed by atoms with Gasteiger partial charge in [0.15, 0.2) is 11.4 Å². The van der Waals surface area contributed by atoms with E-state index in [0.717, 1.165) is 63.1 Å². The second-order valence-corrected chi connectivity index (χ2v) is 16.8. The molecule has 5 amide bonds. The minimum Gasteiger partial charge on any atom is -0.366 e. The number of pyridine rings is 1. The van der Waals surface area contributed by atoms with E-state index in [1.165, 1.54) is 24.6 Å². The third kappa shape index (κ3) is 11.0. The van der Waals surface area contributed by atoms with Gasteiger partial charge in [-0.3, -0.25) is 34.3 Å². The Morgan fingerprint density at radius 2 is 1.40 bits per heavy atom. The van der Waals surface area contributed by atoms with Crippen molar-refractivity contribution < 1.29 is 33.8 Å². The molecule has 3 fully saturated rings. The number of rotatable bonds is 13. The van der Waals surface area contributed by atoms with Gasteiger partial charge in [0.1, 0.15) is 5.82 Å². The van der Waals surface area contributed by atoms with Gasteiger partial charge in [0, 0.05) is 90.7 Å². The topological polar surface area (TPSA) is 178 Å². The van der Waals surface area contributed by atoms with Crippen molar-refractivity contribution >= 4 is 40.9 Å². The van der Waals surface area contributed by atoms with Gasteiger partial charge in [-0.05, 0) is 72.2 Å². The van der Waals surface area contributed by atoms with Crippen molar-refractivity contribution in [2.75, 3.05) is 83.9 Å². The van der Waals surface area contributed by atoms with E-state index < -0.39 is 17.6 Å². The first-order chi connectivity index (χ1) is 30.4. The summed E-state index contributed by atoms with van der Waals surface area (Å²) >= 11 is 0. The van der Waals surface area contributed by atoms with Crippen molar-refractivity contribution in [3.63, 3.8) is 0 Å². The number of primary amides is 1. The third-order valence-electron chi connectivity index (χ3n) is 12.4. The number of halogens is 1. The number of nitrogens with zero attached hydrogens (tertiary/aromatic N) is 6. The Kier molecular flexibility index (Phi) is 14.4. The number of amides is 5. The average molecular weight is 859 g/mol. The maximum atomic E-state index is 15.0. The lowest BCUT2D eigenvalue weighted by Crippen LogP contribution is -2.55. The lowest BCUT2D eigenvalue weighted by Gasteiger charge is -2.40. The number of nitrogens with two attached hydrogens (primary N) is 2. The van der Waals surface area contributed by atoms with Crippen LogP contribution < -0.4 is 16.5 Å². The molecule has 3 aromatic carbocycles. The molecule has 0 unspecified atom stereocenters. The number of piperidine rings is 1. The molecule has 1 aromatic heterocycles. The molecule has 3 aliphatic heterocycles. The molecule has 4 heterocycles. The Hall–Kier alpha value is -6.32. The minimum atomic E-state index is -0.639. The van der Waals surface area contributed by atoms with Crippen molar-refractivity contribution in [1.29, 1.82) is 0 Å². The predicted molar refractivity (Wildman–Crippen MR) is 238 cm³/mol. The molecule has 7 rings (SSSR count). The van der Waals surface area contributed by atoms with Gasteiger partial charge < -0.3 is 30.7 Å². The van der Waals surface area contributed by atoms with Crippen molar-refractivity contribution in [2.45, 2.75) is 39.5 Å². The van der Waals surface area contributed by atoms with Crippen LogP contribution in [0, 0.1) is 11.7 Å². The zero-order valence-corrected chi connectivity index (χ0v) is 36.2. The van der Waals surface area contributed by atoms with Gasteiger partial charge in [-0.1, -0.05) is 49.4 Å². The highest BCUT2D eigenvalue weighted by Crippen LogP contribution is 2.28. The monoisotopic (exact) mass is 858 g/mol. The zero-order chi connectivity index (χ0) is 44.6. The molecule has 330 valence electrons. The maximum absolute atomic E-state index is 15.0. The van der Waals surface area contributed by atoms with Crippen LogP contribution in [0.25, 0.3) is 11.1 Å². The largest absolute Gasteiger partial charge is 0.366 e. The Balaban J connectivity index is 0.836. The Morgan fingerprint density at radius 3 is 2.08 bits per heavy atom. The van der Waals surface area contributed by atoms with E-state index in [1.807, 2.05) is 23.1 Å². The molecule has 4 aromatic rings. The van der Waals surface area contributed by atoms with Crippen molar-refractivity contribution in [3.8, 4) is 11.1 Å². The van der Waals surface area contributed by atoms with Crippen LogP contribution in [0.1, 0.15) is 74.6 Å². The van der Waals surface area contributed by atoms with Gasteiger partial charge in [-0.25, -0.2) is 9.37 Å². The highest BCUT2D eigenvalue weighted by molar-refractivity contribution is 6.08. The fourth-order valence-corrected chi connectivity index (χ4v) is 8.77. The van der Waals surface area contributed by atoms with Crippen LogP contribution >= 0.6 is 0 Å². The van der Waals surface area contributed by atoms with Gasteiger partial charge >= 0.3 is 0 Å². The summed E-state index contributed by atoms with van der Waals surface area (Å²) in [7, 11) is 0. The molecule has 63 heavy (non-hydrogen) atoms. The van der Waals surface area contributed by atoms with E-state index >= 15 is 0 Å². The molecule has 14 nitrogen and oxygen atoms in total. The molecule has 5 N–H and O–H groups in total. The second-order valence-electron chi connectivity index (χ2n) is 16.8. The zero-order valence-electron chi connectivity index (χ0n) is 36.2. The number of hydrogen-bond acceptors (Lipinski definition) is 8. The van der Waals surface area contributed by atoms with Crippen molar-refractivity contribution in [3.05, 3.63) is 118 Å². The Labute approximate surface area is 367 Å². The quantitative estimate of drug-likeness (QED) is 0.172. The molecule has 3 saturated heterocycles. The van der Waals surface area contributed by atoms with E-state index in [0.29, 0.717) is 74.3 Å². The summed E-state index contributed by atoms with van der Waals surface area (Å²) in [5.41, 5.74) is 10.9. The summed E-state index contributed by atoms with van der Waals surface area (Å²) in [6.07, 6.45) is 4.54.